The van der Waals surface area contributed by atoms with Crippen molar-refractivity contribution in [2.24, 2.45) is 4.99 Å². The van der Waals surface area contributed by atoms with Gasteiger partial charge in [-0.3, -0.25) is 24.4 Å². The van der Waals surface area contributed by atoms with Crippen molar-refractivity contribution in [3.8, 4) is 11.3 Å². The van der Waals surface area contributed by atoms with Crippen molar-refractivity contribution in [2.75, 3.05) is 0 Å². The fourth-order valence-corrected chi connectivity index (χ4v) is 3.17. The molecule has 4 aromatic rings. The SMILES string of the molecule is O=C1Cn2[nH]c(=O)c(-c3ccccn3)c2N=C1c1ccc2occc2c1. The van der Waals surface area contributed by atoms with Crippen molar-refractivity contribution in [3.63, 3.8) is 0 Å². The summed E-state index contributed by atoms with van der Waals surface area (Å²) in [5, 5.41) is 3.56. The maximum Gasteiger partial charge on any atom is 0.275 e. The van der Waals surface area contributed by atoms with Crippen LogP contribution in [0.2, 0.25) is 0 Å². The normalized spacial score (nSPS) is 13.7. The number of benzene rings is 1. The van der Waals surface area contributed by atoms with Gasteiger partial charge in [-0.15, -0.1) is 0 Å². The lowest BCUT2D eigenvalue weighted by atomic mass is 10.0. The average molecular weight is 344 g/mol. The molecule has 0 atom stereocenters. The molecule has 0 unspecified atom stereocenters. The van der Waals surface area contributed by atoms with Gasteiger partial charge in [-0.2, -0.15) is 0 Å². The standard InChI is InChI=1S/C19H12N4O3/c24-14-10-23-18(16(19(25)22-23)13-3-1-2-7-20-13)21-17(14)12-4-5-15-11(9-12)6-8-26-15/h1-9H,10H2,(H,22,25). The molecule has 0 aliphatic carbocycles. The van der Waals surface area contributed by atoms with Gasteiger partial charge >= 0.3 is 0 Å². The van der Waals surface area contributed by atoms with Crippen LogP contribution in [0.1, 0.15) is 5.56 Å². The van der Waals surface area contributed by atoms with Gasteiger partial charge < -0.3 is 4.42 Å². The van der Waals surface area contributed by atoms with E-state index < -0.39 is 0 Å². The third-order valence-electron chi connectivity index (χ3n) is 4.37. The van der Waals surface area contributed by atoms with Crippen molar-refractivity contribution in [1.29, 1.82) is 0 Å². The van der Waals surface area contributed by atoms with Crippen LogP contribution >= 0.6 is 0 Å². The van der Waals surface area contributed by atoms with Gasteiger partial charge in [-0.05, 0) is 36.4 Å². The first-order valence-corrected chi connectivity index (χ1v) is 8.04. The molecule has 126 valence electrons. The van der Waals surface area contributed by atoms with Gasteiger partial charge in [0.05, 0.1) is 12.0 Å². The zero-order valence-corrected chi connectivity index (χ0v) is 13.5. The van der Waals surface area contributed by atoms with Crippen LogP contribution in [0.15, 0.2) is 69.1 Å². The first kappa shape index (κ1) is 14.6. The molecule has 1 aliphatic heterocycles. The summed E-state index contributed by atoms with van der Waals surface area (Å²) in [7, 11) is 0. The van der Waals surface area contributed by atoms with E-state index >= 15 is 0 Å². The lowest BCUT2D eigenvalue weighted by Crippen LogP contribution is -2.25. The fraction of sp³-hybridized carbons (Fsp3) is 0.0526. The second-order valence-electron chi connectivity index (χ2n) is 6.00. The lowest BCUT2D eigenvalue weighted by Gasteiger charge is -2.14. The van der Waals surface area contributed by atoms with Crippen LogP contribution in [0, 0.1) is 0 Å². The molecule has 3 aromatic heterocycles. The summed E-state index contributed by atoms with van der Waals surface area (Å²) in [4.78, 5) is 33.7. The maximum atomic E-state index is 12.6. The Morgan fingerprint density at radius 3 is 2.88 bits per heavy atom. The highest BCUT2D eigenvalue weighted by molar-refractivity contribution is 6.47. The average Bonchev–Trinajstić information content (AvgIpc) is 3.24. The Morgan fingerprint density at radius 2 is 2.04 bits per heavy atom. The van der Waals surface area contributed by atoms with E-state index in [1.54, 1.807) is 42.8 Å². The predicted octanol–water partition coefficient (Wildman–Crippen LogP) is 2.69. The van der Waals surface area contributed by atoms with Gasteiger partial charge in [0, 0.05) is 17.1 Å². The Labute approximate surface area is 146 Å². The molecule has 5 rings (SSSR count). The molecule has 1 aliphatic rings. The number of hydrogen-bond donors (Lipinski definition) is 1. The summed E-state index contributed by atoms with van der Waals surface area (Å²) in [6, 6.07) is 12.6. The second kappa shape index (κ2) is 5.38. The minimum atomic E-state index is -0.318. The number of Topliss-reactive ketones (excluding diaryl/α,β-unsaturated/α-hetero) is 1. The van der Waals surface area contributed by atoms with E-state index in [0.29, 0.717) is 28.4 Å². The first-order chi connectivity index (χ1) is 12.7. The largest absolute Gasteiger partial charge is 0.464 e. The molecule has 1 N–H and O–H groups in total. The van der Waals surface area contributed by atoms with Gasteiger partial charge in [-0.25, -0.2) is 4.99 Å². The molecular formula is C19H12N4O3. The third kappa shape index (κ3) is 2.14. The van der Waals surface area contributed by atoms with Crippen LogP contribution in [-0.2, 0) is 11.3 Å². The van der Waals surface area contributed by atoms with Crippen molar-refractivity contribution < 1.29 is 9.21 Å². The summed E-state index contributed by atoms with van der Waals surface area (Å²) in [5.74, 6) is 0.245. The number of nitrogens with one attached hydrogen (secondary N) is 1. The van der Waals surface area contributed by atoms with Gasteiger partial charge in [0.1, 0.15) is 23.4 Å². The summed E-state index contributed by atoms with van der Waals surface area (Å²) < 4.78 is 6.81. The molecule has 4 heterocycles. The number of pyridine rings is 1. The Bertz CT molecular complexity index is 1240. The monoisotopic (exact) mass is 344 g/mol. The smallest absolute Gasteiger partial charge is 0.275 e. The molecule has 0 saturated carbocycles. The Kier molecular flexibility index (Phi) is 3.02. The molecule has 0 spiro atoms. The van der Waals surface area contributed by atoms with Gasteiger partial charge in [0.25, 0.3) is 5.56 Å². The van der Waals surface area contributed by atoms with E-state index in [1.165, 1.54) is 4.68 Å². The minimum absolute atomic E-state index is 0.0274. The zero-order chi connectivity index (χ0) is 17.7. The number of fused-ring (bicyclic) bond motifs is 2. The lowest BCUT2D eigenvalue weighted by molar-refractivity contribution is -0.113. The number of aliphatic imine (C=N–C) groups is 1. The quantitative estimate of drug-likeness (QED) is 0.605. The number of carbonyl (C=O) groups is 1. The van der Waals surface area contributed by atoms with E-state index in [9.17, 15) is 9.59 Å². The molecule has 0 amide bonds. The molecule has 26 heavy (non-hydrogen) atoms. The molecule has 0 fully saturated rings. The topological polar surface area (TPSA) is 93.2 Å². The number of H-pyrrole nitrogens is 1. The summed E-state index contributed by atoms with van der Waals surface area (Å²) >= 11 is 0. The van der Waals surface area contributed by atoms with Gasteiger partial charge in [-0.1, -0.05) is 6.07 Å². The highest BCUT2D eigenvalue weighted by atomic mass is 16.3. The number of carbonyl (C=O) groups excluding carboxylic acids is 1. The number of nitrogens with zero attached hydrogens (tertiary/aromatic N) is 3. The van der Waals surface area contributed by atoms with Crippen molar-refractivity contribution in [1.82, 2.24) is 14.8 Å². The molecule has 1 aromatic carbocycles. The van der Waals surface area contributed by atoms with Crippen LogP contribution in [0.3, 0.4) is 0 Å². The third-order valence-corrected chi connectivity index (χ3v) is 4.37. The number of furan rings is 1. The number of rotatable bonds is 2. The Morgan fingerprint density at radius 1 is 1.12 bits per heavy atom. The summed E-state index contributed by atoms with van der Waals surface area (Å²) in [6.45, 7) is 0.0274. The molecule has 7 nitrogen and oxygen atoms in total. The fourth-order valence-electron chi connectivity index (χ4n) is 3.17. The molecular weight excluding hydrogens is 332 g/mol. The van der Waals surface area contributed by atoms with Crippen molar-refractivity contribution in [3.05, 3.63) is 70.8 Å². The highest BCUT2D eigenvalue weighted by Gasteiger charge is 2.27. The molecule has 7 heteroatoms. The van der Waals surface area contributed by atoms with E-state index in [4.69, 9.17) is 4.42 Å². The van der Waals surface area contributed by atoms with Gasteiger partial charge in [0.15, 0.2) is 5.82 Å². The summed E-state index contributed by atoms with van der Waals surface area (Å²) in [5.41, 5.74) is 2.32. The molecule has 0 bridgehead atoms. The van der Waals surface area contributed by atoms with E-state index in [2.05, 4.69) is 15.1 Å². The highest BCUT2D eigenvalue weighted by Crippen LogP contribution is 2.29. The predicted molar refractivity (Wildman–Crippen MR) is 95.7 cm³/mol. The first-order valence-electron chi connectivity index (χ1n) is 8.04. The van der Waals surface area contributed by atoms with E-state index in [1.807, 2.05) is 12.1 Å². The number of ketones is 1. The maximum absolute atomic E-state index is 12.6. The van der Waals surface area contributed by atoms with E-state index in [0.717, 1.165) is 11.0 Å². The van der Waals surface area contributed by atoms with Gasteiger partial charge in [0.2, 0.25) is 5.78 Å². The Hall–Kier alpha value is -3.74. The zero-order valence-electron chi connectivity index (χ0n) is 13.5. The van der Waals surface area contributed by atoms with Crippen molar-refractivity contribution >= 4 is 28.3 Å². The molecule has 0 saturated heterocycles. The van der Waals surface area contributed by atoms with Crippen molar-refractivity contribution in [2.45, 2.75) is 6.54 Å². The van der Waals surface area contributed by atoms with E-state index in [-0.39, 0.29) is 17.9 Å². The molecule has 0 radical (unpaired) electrons. The van der Waals surface area contributed by atoms with Crippen LogP contribution in [0.25, 0.3) is 22.2 Å². The van der Waals surface area contributed by atoms with Crippen LogP contribution < -0.4 is 5.56 Å². The van der Waals surface area contributed by atoms with Crippen LogP contribution in [0.5, 0.6) is 0 Å². The number of aromatic amines is 1. The van der Waals surface area contributed by atoms with Crippen LogP contribution in [-0.4, -0.2) is 26.3 Å². The minimum Gasteiger partial charge on any atom is -0.464 e. The Balaban J connectivity index is 1.71. The second-order valence-corrected chi connectivity index (χ2v) is 6.00. The van der Waals surface area contributed by atoms with Crippen LogP contribution in [0.4, 0.5) is 5.82 Å². The number of aromatic nitrogens is 3. The summed E-state index contributed by atoms with van der Waals surface area (Å²) in [6.07, 6.45) is 3.21. The number of hydrogen-bond acceptors (Lipinski definition) is 5.